The summed E-state index contributed by atoms with van der Waals surface area (Å²) >= 11 is 0. The highest BCUT2D eigenvalue weighted by molar-refractivity contribution is 5.78. The van der Waals surface area contributed by atoms with Gasteiger partial charge in [-0.3, -0.25) is 9.59 Å². The van der Waals surface area contributed by atoms with E-state index < -0.39 is 23.8 Å². The molecule has 0 aliphatic carbocycles. The lowest BCUT2D eigenvalue weighted by Gasteiger charge is -2.27. The van der Waals surface area contributed by atoms with E-state index in [1.54, 1.807) is 4.90 Å². The number of hydrogen-bond acceptors (Lipinski definition) is 2. The second kappa shape index (κ2) is 7.19. The van der Waals surface area contributed by atoms with Gasteiger partial charge in [0.1, 0.15) is 12.1 Å². The van der Waals surface area contributed by atoms with Crippen LogP contribution >= 0.6 is 0 Å². The lowest BCUT2D eigenvalue weighted by molar-refractivity contribution is -0.139. The molecule has 0 atom stereocenters. The highest BCUT2D eigenvalue weighted by atomic mass is 19.4. The monoisotopic (exact) mass is 362 g/mol. The summed E-state index contributed by atoms with van der Waals surface area (Å²) < 4.78 is 39.2. The number of rotatable bonds is 3. The molecule has 136 valence electrons. The summed E-state index contributed by atoms with van der Waals surface area (Å²) in [7, 11) is 0. The molecule has 2 heterocycles. The predicted molar refractivity (Wildman–Crippen MR) is 91.3 cm³/mol. The van der Waals surface area contributed by atoms with E-state index in [0.717, 1.165) is 27.8 Å². The average molecular weight is 362 g/mol. The van der Waals surface area contributed by atoms with Crippen LogP contribution in [0.25, 0.3) is 5.57 Å². The highest BCUT2D eigenvalue weighted by Gasteiger charge is 2.34. The Bertz CT molecular complexity index is 886. The molecule has 1 aromatic heterocycles. The van der Waals surface area contributed by atoms with Crippen LogP contribution in [0.4, 0.5) is 13.2 Å². The summed E-state index contributed by atoms with van der Waals surface area (Å²) in [5.74, 6) is -0.380. The number of alkyl halides is 3. The largest absolute Gasteiger partial charge is 0.421 e. The van der Waals surface area contributed by atoms with E-state index in [9.17, 15) is 22.8 Å². The van der Waals surface area contributed by atoms with Gasteiger partial charge < -0.3 is 9.47 Å². The summed E-state index contributed by atoms with van der Waals surface area (Å²) in [6.45, 7) is 0.432. The van der Waals surface area contributed by atoms with Gasteiger partial charge in [-0.1, -0.05) is 36.4 Å². The SMILES string of the molecule is O=C(Cn1cccc(C(F)(F)F)c1=O)N1CC=C(c2ccccc2)CC1. The summed E-state index contributed by atoms with van der Waals surface area (Å²) in [5, 5.41) is 0. The molecule has 0 saturated carbocycles. The van der Waals surface area contributed by atoms with Crippen LogP contribution in [0.15, 0.2) is 59.5 Å². The maximum atomic E-state index is 12.8. The van der Waals surface area contributed by atoms with Gasteiger partial charge in [0.2, 0.25) is 5.91 Å². The van der Waals surface area contributed by atoms with E-state index in [0.29, 0.717) is 19.5 Å². The minimum atomic E-state index is -4.73. The maximum absolute atomic E-state index is 12.8. The molecule has 1 amide bonds. The fourth-order valence-electron chi connectivity index (χ4n) is 2.93. The first-order valence-corrected chi connectivity index (χ1v) is 8.15. The van der Waals surface area contributed by atoms with Gasteiger partial charge >= 0.3 is 6.18 Å². The molecule has 26 heavy (non-hydrogen) atoms. The van der Waals surface area contributed by atoms with E-state index in [1.165, 1.54) is 6.20 Å². The zero-order valence-corrected chi connectivity index (χ0v) is 13.9. The highest BCUT2D eigenvalue weighted by Crippen LogP contribution is 2.26. The van der Waals surface area contributed by atoms with Gasteiger partial charge in [0, 0.05) is 19.3 Å². The van der Waals surface area contributed by atoms with Crippen LogP contribution in [0.3, 0.4) is 0 Å². The summed E-state index contributed by atoms with van der Waals surface area (Å²) in [6, 6.07) is 11.6. The molecule has 2 aromatic rings. The molecule has 0 spiro atoms. The second-order valence-corrected chi connectivity index (χ2v) is 6.04. The fraction of sp³-hybridized carbons (Fsp3) is 0.263. The van der Waals surface area contributed by atoms with Gasteiger partial charge in [0.15, 0.2) is 0 Å². The topological polar surface area (TPSA) is 42.3 Å². The van der Waals surface area contributed by atoms with Gasteiger partial charge in [0.25, 0.3) is 5.56 Å². The van der Waals surface area contributed by atoms with Crippen LogP contribution in [0, 0.1) is 0 Å². The zero-order chi connectivity index (χ0) is 18.7. The van der Waals surface area contributed by atoms with Crippen molar-refractivity contribution in [2.45, 2.75) is 19.1 Å². The van der Waals surface area contributed by atoms with Crippen LogP contribution in [0.2, 0.25) is 0 Å². The van der Waals surface area contributed by atoms with Crippen molar-refractivity contribution in [2.75, 3.05) is 13.1 Å². The first kappa shape index (κ1) is 18.0. The number of benzene rings is 1. The van der Waals surface area contributed by atoms with Crippen molar-refractivity contribution in [1.82, 2.24) is 9.47 Å². The molecule has 0 radical (unpaired) electrons. The Kier molecular flexibility index (Phi) is 4.97. The fourth-order valence-corrected chi connectivity index (χ4v) is 2.93. The number of halogens is 3. The summed E-state index contributed by atoms with van der Waals surface area (Å²) in [5.41, 5.74) is -0.247. The number of pyridine rings is 1. The lowest BCUT2D eigenvalue weighted by Crippen LogP contribution is -2.39. The van der Waals surface area contributed by atoms with E-state index in [-0.39, 0.29) is 5.91 Å². The molecule has 0 N–H and O–H groups in total. The molecule has 4 nitrogen and oxygen atoms in total. The van der Waals surface area contributed by atoms with Crippen molar-refractivity contribution in [1.29, 1.82) is 0 Å². The summed E-state index contributed by atoms with van der Waals surface area (Å²) in [4.78, 5) is 25.9. The van der Waals surface area contributed by atoms with Crippen LogP contribution in [-0.2, 0) is 17.5 Å². The molecule has 1 aromatic carbocycles. The molecule has 1 aliphatic rings. The van der Waals surface area contributed by atoms with E-state index in [1.807, 2.05) is 36.4 Å². The minimum Gasteiger partial charge on any atom is -0.337 e. The van der Waals surface area contributed by atoms with Crippen molar-refractivity contribution in [3.8, 4) is 0 Å². The van der Waals surface area contributed by atoms with Crippen LogP contribution in [-0.4, -0.2) is 28.5 Å². The minimum absolute atomic E-state index is 0.372. The standard InChI is InChI=1S/C19H17F3N2O2/c20-19(21,22)16-7-4-10-24(18(16)26)13-17(25)23-11-8-15(9-12-23)14-5-2-1-3-6-14/h1-8,10H,9,11-13H2. The van der Waals surface area contributed by atoms with Crippen molar-refractivity contribution in [3.05, 3.63) is 76.2 Å². The predicted octanol–water partition coefficient (Wildman–Crippen LogP) is 3.18. The lowest BCUT2D eigenvalue weighted by atomic mass is 9.99. The van der Waals surface area contributed by atoms with Crippen molar-refractivity contribution in [3.63, 3.8) is 0 Å². The van der Waals surface area contributed by atoms with Crippen LogP contribution in [0.1, 0.15) is 17.5 Å². The van der Waals surface area contributed by atoms with E-state index >= 15 is 0 Å². The Balaban J connectivity index is 1.71. The molecule has 0 fully saturated rings. The van der Waals surface area contributed by atoms with Crippen LogP contribution < -0.4 is 5.56 Å². The normalized spacial score (nSPS) is 14.9. The Morgan fingerprint density at radius 3 is 2.42 bits per heavy atom. The molecule has 7 heteroatoms. The molecular formula is C19H17F3N2O2. The Morgan fingerprint density at radius 2 is 1.81 bits per heavy atom. The number of carbonyl (C=O) groups excluding carboxylic acids is 1. The quantitative estimate of drug-likeness (QED) is 0.842. The molecule has 3 rings (SSSR count). The Hall–Kier alpha value is -2.83. The molecule has 1 aliphatic heterocycles. The van der Waals surface area contributed by atoms with Gasteiger partial charge in [-0.25, -0.2) is 0 Å². The smallest absolute Gasteiger partial charge is 0.337 e. The Labute approximate surface area is 148 Å². The van der Waals surface area contributed by atoms with E-state index in [2.05, 4.69) is 0 Å². The van der Waals surface area contributed by atoms with Gasteiger partial charge in [-0.15, -0.1) is 0 Å². The van der Waals surface area contributed by atoms with Crippen molar-refractivity contribution < 1.29 is 18.0 Å². The maximum Gasteiger partial charge on any atom is 0.421 e. The van der Waals surface area contributed by atoms with Gasteiger partial charge in [-0.2, -0.15) is 13.2 Å². The molecule has 0 saturated heterocycles. The third kappa shape index (κ3) is 3.87. The first-order chi connectivity index (χ1) is 12.4. The number of amides is 1. The zero-order valence-electron chi connectivity index (χ0n) is 13.9. The third-order valence-electron chi connectivity index (χ3n) is 4.34. The first-order valence-electron chi connectivity index (χ1n) is 8.15. The van der Waals surface area contributed by atoms with Gasteiger partial charge in [-0.05, 0) is 29.7 Å². The molecule has 0 unspecified atom stereocenters. The number of hydrogen-bond donors (Lipinski definition) is 0. The van der Waals surface area contributed by atoms with Crippen molar-refractivity contribution >= 4 is 11.5 Å². The average Bonchev–Trinajstić information content (AvgIpc) is 2.63. The summed E-state index contributed by atoms with van der Waals surface area (Å²) in [6.07, 6.45) is -0.939. The molecular weight excluding hydrogens is 345 g/mol. The van der Waals surface area contributed by atoms with Gasteiger partial charge in [0.05, 0.1) is 0 Å². The number of carbonyl (C=O) groups is 1. The Morgan fingerprint density at radius 1 is 1.08 bits per heavy atom. The molecule has 0 bridgehead atoms. The van der Waals surface area contributed by atoms with Crippen LogP contribution in [0.5, 0.6) is 0 Å². The van der Waals surface area contributed by atoms with E-state index in [4.69, 9.17) is 0 Å². The number of aromatic nitrogens is 1. The van der Waals surface area contributed by atoms with Crippen molar-refractivity contribution in [2.24, 2.45) is 0 Å². The second-order valence-electron chi connectivity index (χ2n) is 6.04. The number of nitrogens with zero attached hydrogens (tertiary/aromatic N) is 2. The third-order valence-corrected chi connectivity index (χ3v) is 4.34.